The van der Waals surface area contributed by atoms with Crippen molar-refractivity contribution in [1.82, 2.24) is 0 Å². The lowest BCUT2D eigenvalue weighted by Gasteiger charge is -2.33. The molecule has 3 heteroatoms. The van der Waals surface area contributed by atoms with Gasteiger partial charge in [0.1, 0.15) is 0 Å². The molecule has 0 N–H and O–H groups in total. The topological polar surface area (TPSA) is 35.5 Å². The van der Waals surface area contributed by atoms with Crippen LogP contribution in [0.1, 0.15) is 76.3 Å². The Hall–Kier alpha value is -1.61. The van der Waals surface area contributed by atoms with Crippen molar-refractivity contribution in [3.05, 3.63) is 47.5 Å². The van der Waals surface area contributed by atoms with Gasteiger partial charge in [0.05, 0.1) is 13.2 Å². The number of ether oxygens (including phenoxy) is 2. The molecule has 1 aromatic rings. The maximum Gasteiger partial charge on any atom is 0.333 e. The van der Waals surface area contributed by atoms with E-state index in [2.05, 4.69) is 37.8 Å². The number of benzene rings is 1. The van der Waals surface area contributed by atoms with Gasteiger partial charge in [-0.3, -0.25) is 0 Å². The van der Waals surface area contributed by atoms with Crippen molar-refractivity contribution in [1.29, 1.82) is 0 Å². The highest BCUT2D eigenvalue weighted by atomic mass is 16.5. The molecule has 0 heterocycles. The largest absolute Gasteiger partial charge is 0.462 e. The van der Waals surface area contributed by atoms with E-state index in [1.54, 1.807) is 14.0 Å². The van der Waals surface area contributed by atoms with Crippen LogP contribution in [-0.2, 0) is 27.1 Å². The van der Waals surface area contributed by atoms with E-state index in [0.717, 1.165) is 5.92 Å². The number of methoxy groups -OCH3 is 1. The van der Waals surface area contributed by atoms with Gasteiger partial charge in [-0.05, 0) is 68.4 Å². The van der Waals surface area contributed by atoms with Crippen molar-refractivity contribution >= 4 is 5.97 Å². The van der Waals surface area contributed by atoms with Gasteiger partial charge >= 0.3 is 5.97 Å². The molecule has 0 radical (unpaired) electrons. The quantitative estimate of drug-likeness (QED) is 0.209. The van der Waals surface area contributed by atoms with Gasteiger partial charge in [-0.25, -0.2) is 4.79 Å². The first-order valence-corrected chi connectivity index (χ1v) is 11.9. The third-order valence-corrected chi connectivity index (χ3v) is 6.65. The van der Waals surface area contributed by atoms with Gasteiger partial charge < -0.3 is 9.47 Å². The number of rotatable bonds is 13. The molecule has 1 atom stereocenters. The van der Waals surface area contributed by atoms with Crippen molar-refractivity contribution in [3.63, 3.8) is 0 Å². The fraction of sp³-hybridized carbons (Fsp3) is 0.667. The van der Waals surface area contributed by atoms with Crippen LogP contribution in [-0.4, -0.2) is 26.3 Å². The Morgan fingerprint density at radius 1 is 1.03 bits per heavy atom. The summed E-state index contributed by atoms with van der Waals surface area (Å²) < 4.78 is 10.8. The van der Waals surface area contributed by atoms with Crippen LogP contribution in [0.5, 0.6) is 0 Å². The van der Waals surface area contributed by atoms with Crippen LogP contribution in [0.4, 0.5) is 0 Å². The minimum absolute atomic E-state index is 0.291. The average molecular weight is 415 g/mol. The molecule has 1 aliphatic rings. The molecule has 3 nitrogen and oxygen atoms in total. The standard InChI is InChI=1S/C27H42O3/c1-5-6-7-8-22-9-11-23(12-10-22)13-14-24-15-17-25(18-16-24)26(19-29-4)20-30-27(28)21(2)3/h9-12,24-26H,2,5-8,13-20H2,1,3-4H3. The summed E-state index contributed by atoms with van der Waals surface area (Å²) in [6, 6.07) is 9.31. The second-order valence-corrected chi connectivity index (χ2v) is 9.19. The van der Waals surface area contributed by atoms with Gasteiger partial charge in [0.25, 0.3) is 0 Å². The fourth-order valence-corrected chi connectivity index (χ4v) is 4.61. The van der Waals surface area contributed by atoms with Crippen LogP contribution in [0.15, 0.2) is 36.4 Å². The first-order chi connectivity index (χ1) is 14.5. The molecular formula is C27H42O3. The summed E-state index contributed by atoms with van der Waals surface area (Å²) in [5.41, 5.74) is 3.41. The molecule has 168 valence electrons. The van der Waals surface area contributed by atoms with E-state index < -0.39 is 0 Å². The van der Waals surface area contributed by atoms with Gasteiger partial charge in [0.2, 0.25) is 0 Å². The molecule has 1 saturated carbocycles. The Labute approximate surface area is 184 Å². The second-order valence-electron chi connectivity index (χ2n) is 9.19. The summed E-state index contributed by atoms with van der Waals surface area (Å²) in [5.74, 6) is 1.40. The average Bonchev–Trinajstić information content (AvgIpc) is 2.76. The highest BCUT2D eigenvalue weighted by Crippen LogP contribution is 2.36. The Morgan fingerprint density at radius 3 is 2.23 bits per heavy atom. The molecule has 1 fully saturated rings. The minimum atomic E-state index is -0.291. The van der Waals surface area contributed by atoms with E-state index in [9.17, 15) is 4.79 Å². The molecule has 30 heavy (non-hydrogen) atoms. The first kappa shape index (κ1) is 24.7. The molecule has 0 aliphatic heterocycles. The van der Waals surface area contributed by atoms with E-state index in [-0.39, 0.29) is 5.97 Å². The zero-order chi connectivity index (χ0) is 21.8. The number of carbonyl (C=O) groups is 1. The van der Waals surface area contributed by atoms with Crippen molar-refractivity contribution in [2.75, 3.05) is 20.3 Å². The molecule has 0 aromatic heterocycles. The molecule has 2 rings (SSSR count). The number of aryl methyl sites for hydroxylation is 2. The number of esters is 1. The van der Waals surface area contributed by atoms with Crippen LogP contribution < -0.4 is 0 Å². The summed E-state index contributed by atoms with van der Waals surface area (Å²) in [5, 5.41) is 0. The highest BCUT2D eigenvalue weighted by Gasteiger charge is 2.28. The maximum atomic E-state index is 11.7. The Morgan fingerprint density at radius 2 is 1.67 bits per heavy atom. The van der Waals surface area contributed by atoms with E-state index in [1.165, 1.54) is 75.3 Å². The van der Waals surface area contributed by atoms with E-state index >= 15 is 0 Å². The summed E-state index contributed by atoms with van der Waals surface area (Å²) in [6.07, 6.45) is 12.5. The van der Waals surface area contributed by atoms with Gasteiger partial charge in [-0.1, -0.05) is 63.5 Å². The zero-order valence-electron chi connectivity index (χ0n) is 19.5. The molecule has 0 spiro atoms. The Balaban J connectivity index is 1.72. The lowest BCUT2D eigenvalue weighted by molar-refractivity contribution is -0.141. The Kier molecular flexibility index (Phi) is 11.2. The van der Waals surface area contributed by atoms with Crippen molar-refractivity contribution < 1.29 is 14.3 Å². The van der Waals surface area contributed by atoms with Crippen LogP contribution in [0.3, 0.4) is 0 Å². The van der Waals surface area contributed by atoms with Gasteiger partial charge in [-0.2, -0.15) is 0 Å². The maximum absolute atomic E-state index is 11.7. The van der Waals surface area contributed by atoms with Crippen LogP contribution in [0.25, 0.3) is 0 Å². The molecule has 1 unspecified atom stereocenters. The normalized spacial score (nSPS) is 20.0. The van der Waals surface area contributed by atoms with E-state index in [1.807, 2.05) is 0 Å². The predicted octanol–water partition coefficient (Wildman–Crippen LogP) is 6.54. The summed E-state index contributed by atoms with van der Waals surface area (Å²) in [4.78, 5) is 11.7. The number of carbonyl (C=O) groups excluding carboxylic acids is 1. The van der Waals surface area contributed by atoms with Crippen LogP contribution in [0, 0.1) is 17.8 Å². The van der Waals surface area contributed by atoms with Gasteiger partial charge in [0.15, 0.2) is 0 Å². The lowest BCUT2D eigenvalue weighted by Crippen LogP contribution is -2.29. The predicted molar refractivity (Wildman–Crippen MR) is 125 cm³/mol. The number of unbranched alkanes of at least 4 members (excludes halogenated alkanes) is 2. The molecule has 1 aromatic carbocycles. The number of hydrogen-bond donors (Lipinski definition) is 0. The van der Waals surface area contributed by atoms with Gasteiger partial charge in [-0.15, -0.1) is 0 Å². The number of hydrogen-bond acceptors (Lipinski definition) is 3. The van der Waals surface area contributed by atoms with Crippen molar-refractivity contribution in [2.24, 2.45) is 17.8 Å². The summed E-state index contributed by atoms with van der Waals surface area (Å²) >= 11 is 0. The van der Waals surface area contributed by atoms with Gasteiger partial charge in [0, 0.05) is 18.6 Å². The minimum Gasteiger partial charge on any atom is -0.462 e. The summed E-state index contributed by atoms with van der Waals surface area (Å²) in [6.45, 7) is 8.71. The third kappa shape index (κ3) is 8.63. The first-order valence-electron chi connectivity index (χ1n) is 11.9. The smallest absolute Gasteiger partial charge is 0.333 e. The summed E-state index contributed by atoms with van der Waals surface area (Å²) in [7, 11) is 1.73. The van der Waals surface area contributed by atoms with Crippen molar-refractivity contribution in [3.8, 4) is 0 Å². The van der Waals surface area contributed by atoms with Crippen LogP contribution >= 0.6 is 0 Å². The fourth-order valence-electron chi connectivity index (χ4n) is 4.61. The van der Waals surface area contributed by atoms with Crippen molar-refractivity contribution in [2.45, 2.75) is 78.1 Å². The molecule has 1 aliphatic carbocycles. The third-order valence-electron chi connectivity index (χ3n) is 6.65. The zero-order valence-corrected chi connectivity index (χ0v) is 19.5. The molecule has 0 bridgehead atoms. The van der Waals surface area contributed by atoms with E-state index in [0.29, 0.717) is 30.6 Å². The SMILES string of the molecule is C=C(C)C(=O)OCC(COC)C1CCC(CCc2ccc(CCCCC)cc2)CC1. The monoisotopic (exact) mass is 414 g/mol. The highest BCUT2D eigenvalue weighted by molar-refractivity contribution is 5.86. The molecule has 0 amide bonds. The van der Waals surface area contributed by atoms with Crippen LogP contribution in [0.2, 0.25) is 0 Å². The Bertz CT molecular complexity index is 626. The lowest BCUT2D eigenvalue weighted by atomic mass is 9.74. The molecular weight excluding hydrogens is 372 g/mol. The second kappa shape index (κ2) is 13.6. The molecule has 0 saturated heterocycles. The van der Waals surface area contributed by atoms with E-state index in [4.69, 9.17) is 9.47 Å².